The Morgan fingerprint density at radius 2 is 1.92 bits per heavy atom. The lowest BCUT2D eigenvalue weighted by molar-refractivity contribution is 0.363. The Balaban J connectivity index is 2.15. The first-order chi connectivity index (χ1) is 6.40. The second-order valence-corrected chi connectivity index (χ2v) is 5.20. The molecule has 70 valence electrons. The normalized spacial score (nSPS) is 30.5. The molecule has 4 rings (SSSR count). The van der Waals surface area contributed by atoms with E-state index in [9.17, 15) is 0 Å². The van der Waals surface area contributed by atoms with E-state index in [0.717, 1.165) is 18.4 Å². The second-order valence-electron chi connectivity index (χ2n) is 4.29. The van der Waals surface area contributed by atoms with Crippen molar-refractivity contribution >= 4 is 11.3 Å². The van der Waals surface area contributed by atoms with Gasteiger partial charge in [-0.3, -0.25) is 0 Å². The lowest BCUT2D eigenvalue weighted by atomic mass is 9.70. The molecule has 3 aliphatic carbocycles. The minimum Gasteiger partial charge on any atom is -0.326 e. The highest BCUT2D eigenvalue weighted by Crippen LogP contribution is 2.52. The Kier molecular flexibility index (Phi) is 1.74. The zero-order chi connectivity index (χ0) is 8.84. The molecule has 3 aliphatic rings. The van der Waals surface area contributed by atoms with Gasteiger partial charge in [0, 0.05) is 11.4 Å². The smallest absolute Gasteiger partial charge is 0.0189 e. The molecule has 1 fully saturated rings. The molecule has 1 aromatic rings. The van der Waals surface area contributed by atoms with E-state index in [0.29, 0.717) is 0 Å². The van der Waals surface area contributed by atoms with Crippen molar-refractivity contribution in [3.8, 4) is 0 Å². The van der Waals surface area contributed by atoms with Crippen molar-refractivity contribution in [1.29, 1.82) is 0 Å². The average Bonchev–Trinajstić information content (AvgIpc) is 2.64. The van der Waals surface area contributed by atoms with Crippen LogP contribution < -0.4 is 5.73 Å². The van der Waals surface area contributed by atoms with Crippen LogP contribution in [0.15, 0.2) is 5.38 Å². The maximum atomic E-state index is 5.76. The molecule has 2 bridgehead atoms. The summed E-state index contributed by atoms with van der Waals surface area (Å²) in [5.74, 6) is 1.76. The lowest BCUT2D eigenvalue weighted by Crippen LogP contribution is -2.21. The summed E-state index contributed by atoms with van der Waals surface area (Å²) in [7, 11) is 0. The van der Waals surface area contributed by atoms with Crippen molar-refractivity contribution in [2.45, 2.75) is 44.1 Å². The molecule has 0 amide bonds. The molecular formula is C11H15NS. The van der Waals surface area contributed by atoms with Gasteiger partial charge in [0.2, 0.25) is 0 Å². The predicted molar refractivity (Wildman–Crippen MR) is 56.2 cm³/mol. The van der Waals surface area contributed by atoms with Crippen LogP contribution >= 0.6 is 11.3 Å². The SMILES string of the molecule is NCc1csc2c1C1CCC2CC1. The molecule has 0 atom stereocenters. The van der Waals surface area contributed by atoms with Gasteiger partial charge in [-0.15, -0.1) is 11.3 Å². The van der Waals surface area contributed by atoms with Crippen LogP contribution in [-0.4, -0.2) is 0 Å². The molecule has 0 spiro atoms. The summed E-state index contributed by atoms with van der Waals surface area (Å²) < 4.78 is 0. The van der Waals surface area contributed by atoms with Crippen LogP contribution in [0.2, 0.25) is 0 Å². The number of hydrogen-bond acceptors (Lipinski definition) is 2. The van der Waals surface area contributed by atoms with E-state index in [1.165, 1.54) is 31.2 Å². The number of thiophene rings is 1. The topological polar surface area (TPSA) is 26.0 Å². The van der Waals surface area contributed by atoms with E-state index < -0.39 is 0 Å². The first kappa shape index (κ1) is 8.01. The fourth-order valence-electron chi connectivity index (χ4n) is 3.00. The van der Waals surface area contributed by atoms with Gasteiger partial charge < -0.3 is 5.73 Å². The molecule has 0 radical (unpaired) electrons. The van der Waals surface area contributed by atoms with Crippen molar-refractivity contribution in [3.63, 3.8) is 0 Å². The molecule has 1 saturated carbocycles. The Labute approximate surface area is 83.0 Å². The fraction of sp³-hybridized carbons (Fsp3) is 0.636. The van der Waals surface area contributed by atoms with E-state index >= 15 is 0 Å². The van der Waals surface area contributed by atoms with E-state index in [1.807, 2.05) is 11.3 Å². The summed E-state index contributed by atoms with van der Waals surface area (Å²) in [6.07, 6.45) is 5.70. The van der Waals surface area contributed by atoms with Crippen molar-refractivity contribution < 1.29 is 0 Å². The Bertz CT molecular complexity index is 321. The lowest BCUT2D eigenvalue weighted by Gasteiger charge is -2.36. The van der Waals surface area contributed by atoms with Gasteiger partial charge in [-0.1, -0.05) is 0 Å². The predicted octanol–water partition coefficient (Wildman–Crippen LogP) is 2.96. The molecule has 2 heteroatoms. The first-order valence-corrected chi connectivity index (χ1v) is 6.08. The zero-order valence-electron chi connectivity index (χ0n) is 7.75. The number of rotatable bonds is 1. The van der Waals surface area contributed by atoms with Gasteiger partial charge in [0.1, 0.15) is 0 Å². The van der Waals surface area contributed by atoms with Gasteiger partial charge in [0.25, 0.3) is 0 Å². The third-order valence-corrected chi connectivity index (χ3v) is 4.88. The summed E-state index contributed by atoms with van der Waals surface area (Å²) in [5.41, 5.74) is 8.86. The number of nitrogens with two attached hydrogens (primary N) is 1. The van der Waals surface area contributed by atoms with Gasteiger partial charge >= 0.3 is 0 Å². The zero-order valence-corrected chi connectivity index (χ0v) is 8.57. The summed E-state index contributed by atoms with van der Waals surface area (Å²) in [5, 5.41) is 2.29. The molecule has 0 aromatic carbocycles. The summed E-state index contributed by atoms with van der Waals surface area (Å²) >= 11 is 1.96. The quantitative estimate of drug-likeness (QED) is 0.729. The molecule has 2 N–H and O–H groups in total. The van der Waals surface area contributed by atoms with Crippen LogP contribution in [-0.2, 0) is 6.54 Å². The molecule has 1 heterocycles. The standard InChI is InChI=1S/C11H15NS/c12-5-9-6-13-11-8-3-1-7(2-4-8)10(9)11/h6-8H,1-5,12H2. The van der Waals surface area contributed by atoms with Crippen molar-refractivity contribution in [3.05, 3.63) is 21.4 Å². The van der Waals surface area contributed by atoms with Gasteiger partial charge in [-0.2, -0.15) is 0 Å². The van der Waals surface area contributed by atoms with Gasteiger partial charge in [0.05, 0.1) is 0 Å². The highest BCUT2D eigenvalue weighted by molar-refractivity contribution is 7.10. The maximum absolute atomic E-state index is 5.76. The van der Waals surface area contributed by atoms with Crippen LogP contribution in [0.4, 0.5) is 0 Å². The molecule has 0 unspecified atom stereocenters. The van der Waals surface area contributed by atoms with Crippen LogP contribution in [0.1, 0.15) is 53.5 Å². The van der Waals surface area contributed by atoms with Crippen LogP contribution in [0.25, 0.3) is 0 Å². The number of fused-ring (bicyclic) bond motifs is 2. The van der Waals surface area contributed by atoms with Crippen molar-refractivity contribution in [2.75, 3.05) is 0 Å². The van der Waals surface area contributed by atoms with Crippen molar-refractivity contribution in [2.24, 2.45) is 5.73 Å². The minimum absolute atomic E-state index is 0.745. The minimum atomic E-state index is 0.745. The van der Waals surface area contributed by atoms with E-state index in [1.54, 1.807) is 10.4 Å². The van der Waals surface area contributed by atoms with Gasteiger partial charge in [0.15, 0.2) is 0 Å². The van der Waals surface area contributed by atoms with E-state index in [4.69, 9.17) is 5.73 Å². The van der Waals surface area contributed by atoms with Gasteiger partial charge in [-0.05, 0) is 54.0 Å². The average molecular weight is 193 g/mol. The Morgan fingerprint density at radius 3 is 2.62 bits per heavy atom. The first-order valence-electron chi connectivity index (χ1n) is 5.20. The Morgan fingerprint density at radius 1 is 1.23 bits per heavy atom. The highest BCUT2D eigenvalue weighted by Gasteiger charge is 2.35. The van der Waals surface area contributed by atoms with Crippen molar-refractivity contribution in [1.82, 2.24) is 0 Å². The highest BCUT2D eigenvalue weighted by atomic mass is 32.1. The van der Waals surface area contributed by atoms with Crippen LogP contribution in [0.3, 0.4) is 0 Å². The van der Waals surface area contributed by atoms with E-state index in [-0.39, 0.29) is 0 Å². The van der Waals surface area contributed by atoms with Crippen LogP contribution in [0.5, 0.6) is 0 Å². The third kappa shape index (κ3) is 1.02. The molecule has 13 heavy (non-hydrogen) atoms. The molecule has 0 aliphatic heterocycles. The maximum Gasteiger partial charge on any atom is 0.0189 e. The summed E-state index contributed by atoms with van der Waals surface area (Å²) in [4.78, 5) is 1.68. The third-order valence-electron chi connectivity index (χ3n) is 3.67. The van der Waals surface area contributed by atoms with Crippen LogP contribution in [0, 0.1) is 0 Å². The largest absolute Gasteiger partial charge is 0.326 e. The molecule has 1 aromatic heterocycles. The Hall–Kier alpha value is -0.340. The monoisotopic (exact) mass is 193 g/mol. The number of hydrogen-bond donors (Lipinski definition) is 1. The second kappa shape index (κ2) is 2.82. The summed E-state index contributed by atoms with van der Waals surface area (Å²) in [6.45, 7) is 0.745. The fourth-order valence-corrected chi connectivity index (χ4v) is 4.35. The summed E-state index contributed by atoms with van der Waals surface area (Å²) in [6, 6.07) is 0. The molecule has 0 saturated heterocycles. The molecule has 1 nitrogen and oxygen atoms in total. The molecular weight excluding hydrogens is 178 g/mol. The van der Waals surface area contributed by atoms with E-state index in [2.05, 4.69) is 5.38 Å². The van der Waals surface area contributed by atoms with Gasteiger partial charge in [-0.25, -0.2) is 0 Å².